The predicted octanol–water partition coefficient (Wildman–Crippen LogP) is 5.18. The summed E-state index contributed by atoms with van der Waals surface area (Å²) in [6, 6.07) is 11.7. The topological polar surface area (TPSA) is 90.2 Å². The molecule has 3 N–H and O–H groups in total. The van der Waals surface area contributed by atoms with Gasteiger partial charge in [0.2, 0.25) is 0 Å². The van der Waals surface area contributed by atoms with Gasteiger partial charge in [-0.05, 0) is 48.4 Å². The number of anilines is 1. The van der Waals surface area contributed by atoms with Crippen molar-refractivity contribution in [3.8, 4) is 16.9 Å². The van der Waals surface area contributed by atoms with Gasteiger partial charge in [0.25, 0.3) is 5.91 Å². The Bertz CT molecular complexity index is 1340. The average molecular weight is 463 g/mol. The zero-order valence-electron chi connectivity index (χ0n) is 18.9. The van der Waals surface area contributed by atoms with E-state index < -0.39 is 5.91 Å². The molecule has 0 unspecified atom stereocenters. The van der Waals surface area contributed by atoms with E-state index >= 15 is 0 Å². The van der Waals surface area contributed by atoms with Crippen molar-refractivity contribution in [2.24, 2.45) is 17.1 Å². The summed E-state index contributed by atoms with van der Waals surface area (Å²) in [6.45, 7) is 6.83. The highest BCUT2D eigenvalue weighted by molar-refractivity contribution is 6.30. The summed E-state index contributed by atoms with van der Waals surface area (Å²) in [5, 5.41) is 13.5. The smallest absolute Gasteiger partial charge is 0.252 e. The van der Waals surface area contributed by atoms with Gasteiger partial charge >= 0.3 is 0 Å². The predicted molar refractivity (Wildman–Crippen MR) is 131 cm³/mol. The zero-order valence-corrected chi connectivity index (χ0v) is 19.7. The second-order valence-corrected chi connectivity index (χ2v) is 9.91. The number of nitrogens with zero attached hydrogens (tertiary/aromatic N) is 4. The molecule has 0 aliphatic heterocycles. The number of rotatable bonds is 5. The van der Waals surface area contributed by atoms with Crippen molar-refractivity contribution < 1.29 is 4.79 Å². The molecule has 1 aliphatic carbocycles. The molecule has 1 aromatic carbocycles. The molecule has 7 nitrogen and oxygen atoms in total. The van der Waals surface area contributed by atoms with Crippen LogP contribution in [0.1, 0.15) is 44.0 Å². The molecule has 0 saturated heterocycles. The first-order valence-electron chi connectivity index (χ1n) is 11.1. The maximum absolute atomic E-state index is 12.2. The van der Waals surface area contributed by atoms with Gasteiger partial charge in [-0.2, -0.15) is 10.2 Å². The first-order valence-corrected chi connectivity index (χ1v) is 11.5. The van der Waals surface area contributed by atoms with Crippen molar-refractivity contribution in [2.45, 2.75) is 39.7 Å². The van der Waals surface area contributed by atoms with Gasteiger partial charge in [-0.15, -0.1) is 0 Å². The number of nitrogens with two attached hydrogens (primary N) is 1. The van der Waals surface area contributed by atoms with E-state index in [0.29, 0.717) is 16.5 Å². The van der Waals surface area contributed by atoms with Crippen molar-refractivity contribution in [1.82, 2.24) is 19.4 Å². The SMILES string of the molecule is C[C@H]1CC[C@@H](Nc2c(C(N)=O)cnn3cc(-n4ccc(-c5ccc(Cl)cc5)n4)cc23)C1(C)C. The molecule has 2 atom stereocenters. The molecule has 4 aromatic rings. The lowest BCUT2D eigenvalue weighted by Gasteiger charge is -2.33. The minimum absolute atomic E-state index is 0.0973. The number of primary amides is 1. The zero-order chi connectivity index (χ0) is 23.3. The number of nitrogens with one attached hydrogen (secondary N) is 1. The maximum Gasteiger partial charge on any atom is 0.252 e. The Balaban J connectivity index is 1.55. The lowest BCUT2D eigenvalue weighted by molar-refractivity contribution is 0.100. The fraction of sp³-hybridized carbons (Fsp3) is 0.320. The number of halogens is 1. The largest absolute Gasteiger partial charge is 0.379 e. The molecule has 1 saturated carbocycles. The summed E-state index contributed by atoms with van der Waals surface area (Å²) in [6.07, 6.45) is 7.52. The Morgan fingerprint density at radius 2 is 1.97 bits per heavy atom. The third-order valence-electron chi connectivity index (χ3n) is 7.26. The van der Waals surface area contributed by atoms with Crippen LogP contribution in [0, 0.1) is 11.3 Å². The lowest BCUT2D eigenvalue weighted by atomic mass is 9.80. The van der Waals surface area contributed by atoms with Gasteiger partial charge in [-0.25, -0.2) is 9.20 Å². The van der Waals surface area contributed by atoms with E-state index in [-0.39, 0.29) is 11.5 Å². The van der Waals surface area contributed by atoms with Gasteiger partial charge in [-0.3, -0.25) is 4.79 Å². The Morgan fingerprint density at radius 3 is 2.64 bits per heavy atom. The number of hydrogen-bond acceptors (Lipinski definition) is 4. The average Bonchev–Trinajstić information content (AvgIpc) is 3.48. The van der Waals surface area contributed by atoms with Crippen LogP contribution in [-0.4, -0.2) is 31.3 Å². The van der Waals surface area contributed by atoms with Crippen LogP contribution in [0.2, 0.25) is 5.02 Å². The highest BCUT2D eigenvalue weighted by Gasteiger charge is 2.41. The van der Waals surface area contributed by atoms with Crippen LogP contribution in [0.5, 0.6) is 0 Å². The fourth-order valence-electron chi connectivity index (χ4n) is 4.69. The molecule has 3 heterocycles. The number of amides is 1. The summed E-state index contributed by atoms with van der Waals surface area (Å²) >= 11 is 6.01. The molecule has 1 aliphatic rings. The van der Waals surface area contributed by atoms with Crippen LogP contribution in [0.15, 0.2) is 55.0 Å². The Hall–Kier alpha value is -3.32. The van der Waals surface area contributed by atoms with E-state index in [1.165, 1.54) is 6.20 Å². The molecule has 3 aromatic heterocycles. The molecule has 0 radical (unpaired) electrons. The van der Waals surface area contributed by atoms with Crippen molar-refractivity contribution in [2.75, 3.05) is 5.32 Å². The second-order valence-electron chi connectivity index (χ2n) is 9.47. The summed E-state index contributed by atoms with van der Waals surface area (Å²) < 4.78 is 3.56. The van der Waals surface area contributed by atoms with Crippen LogP contribution >= 0.6 is 11.6 Å². The molecule has 170 valence electrons. The third kappa shape index (κ3) is 3.76. The van der Waals surface area contributed by atoms with Gasteiger partial charge in [0.1, 0.15) is 0 Å². The van der Waals surface area contributed by atoms with Gasteiger partial charge in [0.15, 0.2) is 0 Å². The van der Waals surface area contributed by atoms with E-state index in [9.17, 15) is 4.79 Å². The van der Waals surface area contributed by atoms with E-state index in [4.69, 9.17) is 22.4 Å². The van der Waals surface area contributed by atoms with Crippen molar-refractivity contribution >= 4 is 28.7 Å². The van der Waals surface area contributed by atoms with E-state index in [1.54, 1.807) is 9.20 Å². The van der Waals surface area contributed by atoms with Crippen molar-refractivity contribution in [3.05, 3.63) is 65.6 Å². The standard InChI is InChI=1S/C25H27ClN6O/c1-15-4-9-22(25(15,2)3)29-23-19(24(27)33)13-28-32-14-18(12-21(23)32)31-11-10-20(30-31)16-5-7-17(26)8-6-16/h5-8,10-15,22,29H,4,9H2,1-3H3,(H2,27,33)/t15-,22+/m0/s1. The molecule has 1 fully saturated rings. The minimum Gasteiger partial charge on any atom is -0.379 e. The summed E-state index contributed by atoms with van der Waals surface area (Å²) in [5.74, 6) is 0.0887. The molecule has 1 amide bonds. The Labute approximate surface area is 197 Å². The van der Waals surface area contributed by atoms with E-state index in [1.807, 2.05) is 48.8 Å². The fourth-order valence-corrected chi connectivity index (χ4v) is 4.81. The van der Waals surface area contributed by atoms with Gasteiger partial charge < -0.3 is 11.1 Å². The number of aromatic nitrogens is 4. The van der Waals surface area contributed by atoms with Crippen LogP contribution in [0.25, 0.3) is 22.5 Å². The summed E-state index contributed by atoms with van der Waals surface area (Å²) in [7, 11) is 0. The molecule has 33 heavy (non-hydrogen) atoms. The number of carbonyl (C=O) groups is 1. The highest BCUT2D eigenvalue weighted by Crippen LogP contribution is 2.44. The maximum atomic E-state index is 12.2. The summed E-state index contributed by atoms with van der Waals surface area (Å²) in [5.41, 5.74) is 10.4. The van der Waals surface area contributed by atoms with Gasteiger partial charge in [0, 0.05) is 22.8 Å². The van der Waals surface area contributed by atoms with Crippen LogP contribution in [-0.2, 0) is 0 Å². The first kappa shape index (κ1) is 21.5. The molecule has 0 spiro atoms. The van der Waals surface area contributed by atoms with Crippen molar-refractivity contribution in [3.63, 3.8) is 0 Å². The first-order chi connectivity index (χ1) is 15.7. The van der Waals surface area contributed by atoms with E-state index in [2.05, 4.69) is 31.2 Å². The highest BCUT2D eigenvalue weighted by atomic mass is 35.5. The molecule has 5 rings (SSSR count). The van der Waals surface area contributed by atoms with Crippen LogP contribution < -0.4 is 11.1 Å². The van der Waals surface area contributed by atoms with Crippen LogP contribution in [0.3, 0.4) is 0 Å². The van der Waals surface area contributed by atoms with E-state index in [0.717, 1.165) is 41.0 Å². The van der Waals surface area contributed by atoms with Crippen LogP contribution in [0.4, 0.5) is 5.69 Å². The number of hydrogen-bond donors (Lipinski definition) is 2. The van der Waals surface area contributed by atoms with Gasteiger partial charge in [0.05, 0.1) is 40.5 Å². The molecular formula is C25H27ClN6O. The Morgan fingerprint density at radius 1 is 1.21 bits per heavy atom. The van der Waals surface area contributed by atoms with Gasteiger partial charge in [-0.1, -0.05) is 44.5 Å². The number of carbonyl (C=O) groups excluding carboxylic acids is 1. The van der Waals surface area contributed by atoms with Crippen molar-refractivity contribution in [1.29, 1.82) is 0 Å². The normalized spacial score (nSPS) is 19.8. The molecular weight excluding hydrogens is 436 g/mol. The minimum atomic E-state index is -0.497. The lowest BCUT2D eigenvalue weighted by Crippen LogP contribution is -2.35. The number of fused-ring (bicyclic) bond motifs is 1. The Kier molecular flexibility index (Phi) is 5.16. The quantitative estimate of drug-likeness (QED) is 0.427. The third-order valence-corrected chi connectivity index (χ3v) is 7.51. The molecule has 8 heteroatoms. The number of benzene rings is 1. The summed E-state index contributed by atoms with van der Waals surface area (Å²) in [4.78, 5) is 12.2. The monoisotopic (exact) mass is 462 g/mol. The second kappa shape index (κ2) is 7.92. The molecule has 0 bridgehead atoms.